The van der Waals surface area contributed by atoms with E-state index in [1.165, 1.54) is 4.90 Å². The molecule has 2 aromatic heterocycles. The number of likely N-dealkylation sites (N-methyl/N-ethyl adjacent to an activating group) is 1. The Balaban J connectivity index is 1.26. The Labute approximate surface area is 272 Å². The zero-order chi connectivity index (χ0) is 33.3. The van der Waals surface area contributed by atoms with Crippen LogP contribution in [0.1, 0.15) is 36.1 Å². The number of halogens is 3. The Morgan fingerprint density at radius 2 is 2.00 bits per heavy atom. The van der Waals surface area contributed by atoms with E-state index in [0.717, 1.165) is 33.3 Å². The van der Waals surface area contributed by atoms with Gasteiger partial charge in [-0.15, -0.1) is 0 Å². The number of benzene rings is 1. The van der Waals surface area contributed by atoms with Gasteiger partial charge in [-0.1, -0.05) is 24.8 Å². The number of nitriles is 1. The summed E-state index contributed by atoms with van der Waals surface area (Å²) in [6.45, 7) is 8.68. The lowest BCUT2D eigenvalue weighted by molar-refractivity contribution is -0.131. The highest BCUT2D eigenvalue weighted by atomic mass is 19.3. The number of aromatic nitrogens is 3. The second-order valence-corrected chi connectivity index (χ2v) is 12.9. The summed E-state index contributed by atoms with van der Waals surface area (Å²) in [4.78, 5) is 34.4. The van der Waals surface area contributed by atoms with E-state index < -0.39 is 23.7 Å². The van der Waals surface area contributed by atoms with Crippen LogP contribution in [0.15, 0.2) is 43.0 Å². The lowest BCUT2D eigenvalue weighted by Gasteiger charge is -2.42. The minimum atomic E-state index is -2.55. The van der Waals surface area contributed by atoms with Gasteiger partial charge in [-0.05, 0) is 31.9 Å². The molecule has 10 nitrogen and oxygen atoms in total. The standard InChI is InChI=1S/C34H39F3N8O2/c1-22-5-4-6-25-17-39-18-29(30(22)25)43-10-8-27-28(21-43)40-33(47-14-13-42(3)19-24-15-34(36,37)16-24)41-31(27)44-11-12-45(32(46)23(2)35)26(20-44)7-9-38/h4-6,17-18,24,26H,2,7-8,10-16,19-21H2,1,3H3/t26-/m0/s1. The number of carbonyl (C=O) groups excluding carboxylic acids is 1. The van der Waals surface area contributed by atoms with Crippen LogP contribution in [-0.4, -0.2) is 95.5 Å². The van der Waals surface area contributed by atoms with E-state index in [4.69, 9.17) is 14.7 Å². The number of hydrogen-bond donors (Lipinski definition) is 0. The molecule has 1 saturated carbocycles. The molecule has 3 aromatic rings. The number of piperazine rings is 1. The number of ether oxygens (including phenoxy) is 1. The van der Waals surface area contributed by atoms with Gasteiger partial charge in [0, 0.05) is 74.6 Å². The number of alkyl halides is 2. The van der Waals surface area contributed by atoms with Crippen molar-refractivity contribution in [2.75, 3.05) is 62.7 Å². The molecule has 0 bridgehead atoms. The largest absolute Gasteiger partial charge is 0.462 e. The third kappa shape index (κ3) is 6.98. The second-order valence-electron chi connectivity index (χ2n) is 12.9. The van der Waals surface area contributed by atoms with Crippen molar-refractivity contribution in [1.82, 2.24) is 24.8 Å². The molecule has 0 N–H and O–H groups in total. The number of pyridine rings is 1. The zero-order valence-electron chi connectivity index (χ0n) is 26.8. The molecule has 1 saturated heterocycles. The first-order valence-electron chi connectivity index (χ1n) is 16.0. The molecule has 6 rings (SSSR count). The topological polar surface area (TPSA) is 102 Å². The molecule has 0 spiro atoms. The fraction of sp³-hybridized carbons (Fsp3) is 0.500. The summed E-state index contributed by atoms with van der Waals surface area (Å²) in [6.07, 6.45) is 4.27. The highest BCUT2D eigenvalue weighted by Crippen LogP contribution is 2.42. The molecule has 0 radical (unpaired) electrons. The monoisotopic (exact) mass is 648 g/mol. The van der Waals surface area contributed by atoms with E-state index in [0.29, 0.717) is 51.5 Å². The van der Waals surface area contributed by atoms with Crippen molar-refractivity contribution in [3.8, 4) is 12.1 Å². The van der Waals surface area contributed by atoms with Crippen LogP contribution in [0.5, 0.6) is 6.01 Å². The smallest absolute Gasteiger partial charge is 0.318 e. The lowest BCUT2D eigenvalue weighted by atomic mass is 9.81. The summed E-state index contributed by atoms with van der Waals surface area (Å²) < 4.78 is 46.5. The van der Waals surface area contributed by atoms with Gasteiger partial charge in [0.1, 0.15) is 12.4 Å². The number of fused-ring (bicyclic) bond motifs is 2. The fourth-order valence-electron chi connectivity index (χ4n) is 7.05. The minimum absolute atomic E-state index is 0.0266. The van der Waals surface area contributed by atoms with E-state index in [1.54, 1.807) is 0 Å². The van der Waals surface area contributed by atoms with Crippen LogP contribution in [0.2, 0.25) is 0 Å². The summed E-state index contributed by atoms with van der Waals surface area (Å²) in [5.74, 6) is -3.75. The van der Waals surface area contributed by atoms with E-state index in [1.807, 2.05) is 35.3 Å². The first-order chi connectivity index (χ1) is 22.5. The average molecular weight is 649 g/mol. The van der Waals surface area contributed by atoms with Gasteiger partial charge in [-0.3, -0.25) is 9.78 Å². The van der Waals surface area contributed by atoms with E-state index in [-0.39, 0.29) is 44.3 Å². The summed E-state index contributed by atoms with van der Waals surface area (Å²) >= 11 is 0. The van der Waals surface area contributed by atoms with Gasteiger partial charge in [0.25, 0.3) is 5.91 Å². The molecule has 248 valence electrons. The zero-order valence-corrected chi connectivity index (χ0v) is 26.8. The lowest BCUT2D eigenvalue weighted by Crippen LogP contribution is -2.55. The van der Waals surface area contributed by atoms with Crippen LogP contribution >= 0.6 is 0 Å². The first kappa shape index (κ1) is 32.5. The number of amides is 1. The predicted octanol–water partition coefficient (Wildman–Crippen LogP) is 4.67. The van der Waals surface area contributed by atoms with Crippen molar-refractivity contribution in [1.29, 1.82) is 5.26 Å². The van der Waals surface area contributed by atoms with Gasteiger partial charge < -0.3 is 24.3 Å². The molecule has 1 atom stereocenters. The van der Waals surface area contributed by atoms with Crippen LogP contribution in [0.3, 0.4) is 0 Å². The highest BCUT2D eigenvalue weighted by Gasteiger charge is 2.45. The number of anilines is 2. The van der Waals surface area contributed by atoms with Gasteiger partial charge in [0.05, 0.1) is 42.7 Å². The van der Waals surface area contributed by atoms with E-state index >= 15 is 0 Å². The van der Waals surface area contributed by atoms with Gasteiger partial charge in [0.15, 0.2) is 5.83 Å². The number of rotatable bonds is 10. The normalized spacial score (nSPS) is 19.3. The molecule has 47 heavy (non-hydrogen) atoms. The number of carbonyl (C=O) groups is 1. The van der Waals surface area contributed by atoms with Gasteiger partial charge >= 0.3 is 6.01 Å². The SMILES string of the molecule is C=C(F)C(=O)N1CCN(c2nc(OCCN(C)CC3CC(F)(F)C3)nc3c2CCN(c2cncc4cccc(C)c24)C3)C[C@@H]1CC#N. The maximum absolute atomic E-state index is 13.8. The predicted molar refractivity (Wildman–Crippen MR) is 172 cm³/mol. The van der Waals surface area contributed by atoms with Gasteiger partial charge in [-0.2, -0.15) is 15.2 Å². The van der Waals surface area contributed by atoms with E-state index in [9.17, 15) is 23.2 Å². The van der Waals surface area contributed by atoms with Crippen molar-refractivity contribution >= 4 is 28.2 Å². The molecular formula is C34H39F3N8O2. The summed E-state index contributed by atoms with van der Waals surface area (Å²) in [7, 11) is 1.89. The number of hydrogen-bond acceptors (Lipinski definition) is 9. The van der Waals surface area contributed by atoms with Crippen molar-refractivity contribution in [3.05, 3.63) is 59.8 Å². The van der Waals surface area contributed by atoms with Crippen LogP contribution in [0.4, 0.5) is 24.7 Å². The Bertz CT molecular complexity index is 1700. The summed E-state index contributed by atoms with van der Waals surface area (Å²) in [6, 6.07) is 7.94. The minimum Gasteiger partial charge on any atom is -0.462 e. The molecule has 0 unspecified atom stereocenters. The summed E-state index contributed by atoms with van der Waals surface area (Å²) in [5, 5.41) is 11.7. The maximum atomic E-state index is 13.8. The molecular weight excluding hydrogens is 609 g/mol. The highest BCUT2D eigenvalue weighted by molar-refractivity contribution is 5.96. The van der Waals surface area contributed by atoms with Crippen LogP contribution in [0.25, 0.3) is 10.8 Å². The Hall–Kier alpha value is -4.44. The molecule has 3 aliphatic rings. The molecule has 1 aliphatic carbocycles. The average Bonchev–Trinajstić information content (AvgIpc) is 3.03. The Kier molecular flexibility index (Phi) is 9.23. The van der Waals surface area contributed by atoms with Crippen molar-refractivity contribution in [2.45, 2.75) is 51.1 Å². The summed E-state index contributed by atoms with van der Waals surface area (Å²) in [5.41, 5.74) is 3.94. The molecule has 13 heteroatoms. The van der Waals surface area contributed by atoms with Crippen molar-refractivity contribution in [2.24, 2.45) is 5.92 Å². The molecule has 1 amide bonds. The van der Waals surface area contributed by atoms with Crippen LogP contribution < -0.4 is 14.5 Å². The van der Waals surface area contributed by atoms with Crippen LogP contribution in [0, 0.1) is 24.2 Å². The third-order valence-corrected chi connectivity index (χ3v) is 9.39. The first-order valence-corrected chi connectivity index (χ1v) is 16.0. The second kappa shape index (κ2) is 13.4. The third-order valence-electron chi connectivity index (χ3n) is 9.39. The van der Waals surface area contributed by atoms with Gasteiger partial charge in [-0.25, -0.2) is 13.2 Å². The van der Waals surface area contributed by atoms with Crippen molar-refractivity contribution in [3.63, 3.8) is 0 Å². The quantitative estimate of drug-likeness (QED) is 0.291. The number of aryl methyl sites for hydroxylation is 1. The Morgan fingerprint density at radius 3 is 2.74 bits per heavy atom. The Morgan fingerprint density at radius 1 is 1.19 bits per heavy atom. The molecule has 2 aliphatic heterocycles. The fourth-order valence-corrected chi connectivity index (χ4v) is 7.05. The van der Waals surface area contributed by atoms with Gasteiger partial charge in [0.2, 0.25) is 5.92 Å². The van der Waals surface area contributed by atoms with Crippen molar-refractivity contribution < 1.29 is 22.7 Å². The van der Waals surface area contributed by atoms with Crippen LogP contribution in [-0.2, 0) is 17.8 Å². The molecule has 1 aromatic carbocycles. The molecule has 4 heterocycles. The number of nitrogens with zero attached hydrogens (tertiary/aromatic N) is 8. The molecule has 2 fully saturated rings. The maximum Gasteiger partial charge on any atom is 0.318 e. The van der Waals surface area contributed by atoms with E-state index in [2.05, 4.69) is 41.6 Å².